The van der Waals surface area contributed by atoms with E-state index in [4.69, 9.17) is 23.1 Å². The Morgan fingerprint density at radius 3 is 2.55 bits per heavy atom. The first-order chi connectivity index (χ1) is 15.7. The lowest BCUT2D eigenvalue weighted by molar-refractivity contribution is 0.187. The largest absolute Gasteiger partial charge is 0.453 e. The maximum Gasteiger partial charge on any atom is 0.411 e. The molecule has 4 aromatic rings. The number of nitrogen functional groups attached to an aromatic ring is 2. The number of nitrogens with zero attached hydrogens (tertiary/aromatic N) is 4. The lowest BCUT2D eigenvalue weighted by Gasteiger charge is -2.11. The number of amides is 1. The van der Waals surface area contributed by atoms with E-state index < -0.39 is 17.7 Å². The van der Waals surface area contributed by atoms with Crippen LogP contribution in [0.4, 0.5) is 30.9 Å². The molecule has 0 fully saturated rings. The van der Waals surface area contributed by atoms with Gasteiger partial charge in [-0.05, 0) is 42.3 Å². The van der Waals surface area contributed by atoms with Crippen LogP contribution in [0.2, 0.25) is 5.02 Å². The van der Waals surface area contributed by atoms with Gasteiger partial charge in [-0.2, -0.15) is 19.7 Å². The molecule has 0 bridgehead atoms. The second-order valence-corrected chi connectivity index (χ2v) is 7.52. The number of fused-ring (bicyclic) bond motifs is 1. The second-order valence-electron chi connectivity index (χ2n) is 7.14. The second kappa shape index (κ2) is 8.51. The van der Waals surface area contributed by atoms with Crippen molar-refractivity contribution in [2.45, 2.75) is 13.3 Å². The summed E-state index contributed by atoms with van der Waals surface area (Å²) in [6.45, 7) is 1.79. The number of aromatic nitrogens is 4. The zero-order valence-electron chi connectivity index (χ0n) is 17.5. The Kier molecular flexibility index (Phi) is 5.73. The van der Waals surface area contributed by atoms with Crippen molar-refractivity contribution in [3.05, 3.63) is 63.8 Å². The predicted octanol–water partition coefficient (Wildman–Crippen LogP) is 3.99. The monoisotopic (exact) mass is 473 g/mol. The van der Waals surface area contributed by atoms with Crippen molar-refractivity contribution in [1.29, 1.82) is 0 Å². The molecular formula is C21H18ClF2N7O2. The van der Waals surface area contributed by atoms with E-state index in [1.54, 1.807) is 13.0 Å². The molecule has 0 saturated heterocycles. The topological polar surface area (TPSA) is 134 Å². The van der Waals surface area contributed by atoms with Gasteiger partial charge in [-0.15, -0.1) is 0 Å². The number of ether oxygens (including phenoxy) is 1. The fraction of sp³-hybridized carbons (Fsp3) is 0.143. The Morgan fingerprint density at radius 1 is 1.18 bits per heavy atom. The molecule has 170 valence electrons. The molecule has 4 rings (SSSR count). The molecule has 0 atom stereocenters. The van der Waals surface area contributed by atoms with Crippen molar-refractivity contribution in [2.24, 2.45) is 0 Å². The molecule has 2 aromatic carbocycles. The van der Waals surface area contributed by atoms with Crippen molar-refractivity contribution >= 4 is 45.9 Å². The van der Waals surface area contributed by atoms with Gasteiger partial charge in [0.05, 0.1) is 23.3 Å². The minimum absolute atomic E-state index is 0.00895. The van der Waals surface area contributed by atoms with E-state index in [-0.39, 0.29) is 34.7 Å². The molecule has 5 N–H and O–H groups in total. The van der Waals surface area contributed by atoms with Gasteiger partial charge in [-0.25, -0.2) is 13.6 Å². The summed E-state index contributed by atoms with van der Waals surface area (Å²) in [5.74, 6) is -1.31. The van der Waals surface area contributed by atoms with E-state index in [0.717, 1.165) is 5.56 Å². The number of methoxy groups -OCH3 is 1. The number of hydrogen-bond acceptors (Lipinski definition) is 7. The van der Waals surface area contributed by atoms with Crippen LogP contribution in [0.25, 0.3) is 16.9 Å². The standard InChI is InChI=1S/C21H18ClF2N7O2/c1-9-3-5-13(24)16(22)11(9)8-14-12-7-10(23)4-6-15(12)31(30-14)20-28-18(25)17(19(26)29-20)27-21(32)33-2/h3-7H,8H2,1-2H3,(H,27,32)(H4,25,26,28,29). The summed E-state index contributed by atoms with van der Waals surface area (Å²) in [5, 5.41) is 7.28. The fourth-order valence-electron chi connectivity index (χ4n) is 3.37. The van der Waals surface area contributed by atoms with Gasteiger partial charge in [0.2, 0.25) is 0 Å². The van der Waals surface area contributed by atoms with Crippen LogP contribution in [0.5, 0.6) is 0 Å². The molecule has 0 aliphatic heterocycles. The smallest absolute Gasteiger partial charge is 0.411 e. The summed E-state index contributed by atoms with van der Waals surface area (Å²) in [5.41, 5.74) is 14.0. The zero-order valence-corrected chi connectivity index (χ0v) is 18.2. The summed E-state index contributed by atoms with van der Waals surface area (Å²) >= 11 is 6.18. The lowest BCUT2D eigenvalue weighted by Crippen LogP contribution is -2.17. The average molecular weight is 474 g/mol. The zero-order chi connectivity index (χ0) is 23.9. The number of nitrogens with one attached hydrogen (secondary N) is 1. The average Bonchev–Trinajstić information content (AvgIpc) is 3.13. The van der Waals surface area contributed by atoms with Gasteiger partial charge in [-0.1, -0.05) is 17.7 Å². The highest BCUT2D eigenvalue weighted by molar-refractivity contribution is 6.31. The van der Waals surface area contributed by atoms with Crippen molar-refractivity contribution in [1.82, 2.24) is 19.7 Å². The minimum atomic E-state index is -0.797. The van der Waals surface area contributed by atoms with Gasteiger partial charge in [0, 0.05) is 11.8 Å². The summed E-state index contributed by atoms with van der Waals surface area (Å²) < 4.78 is 34.0. The molecule has 1 amide bonds. The Morgan fingerprint density at radius 2 is 1.88 bits per heavy atom. The van der Waals surface area contributed by atoms with Crippen LogP contribution >= 0.6 is 11.6 Å². The molecule has 33 heavy (non-hydrogen) atoms. The van der Waals surface area contributed by atoms with E-state index in [2.05, 4.69) is 25.1 Å². The molecule has 0 aliphatic rings. The number of carbonyl (C=O) groups is 1. The summed E-state index contributed by atoms with van der Waals surface area (Å²) in [6, 6.07) is 6.94. The summed E-state index contributed by atoms with van der Waals surface area (Å²) in [4.78, 5) is 19.9. The summed E-state index contributed by atoms with van der Waals surface area (Å²) in [6.07, 6.45) is -0.670. The van der Waals surface area contributed by atoms with Gasteiger partial charge in [0.25, 0.3) is 5.95 Å². The van der Waals surface area contributed by atoms with Gasteiger partial charge in [-0.3, -0.25) is 5.32 Å². The van der Waals surface area contributed by atoms with Gasteiger partial charge >= 0.3 is 6.09 Å². The van der Waals surface area contributed by atoms with Crippen LogP contribution in [-0.2, 0) is 11.2 Å². The molecule has 0 radical (unpaired) electrons. The molecular weight excluding hydrogens is 456 g/mol. The number of hydrogen-bond donors (Lipinski definition) is 3. The molecule has 9 nitrogen and oxygen atoms in total. The fourth-order valence-corrected chi connectivity index (χ4v) is 3.65. The van der Waals surface area contributed by atoms with Crippen LogP contribution in [0.3, 0.4) is 0 Å². The van der Waals surface area contributed by atoms with Crippen LogP contribution in [0.1, 0.15) is 16.8 Å². The highest BCUT2D eigenvalue weighted by Crippen LogP contribution is 2.31. The molecule has 2 heterocycles. The van der Waals surface area contributed by atoms with E-state index >= 15 is 0 Å². The van der Waals surface area contributed by atoms with E-state index in [1.807, 2.05) is 0 Å². The Hall–Kier alpha value is -3.99. The van der Waals surface area contributed by atoms with Crippen LogP contribution in [-0.4, -0.2) is 33.0 Å². The van der Waals surface area contributed by atoms with E-state index in [9.17, 15) is 13.6 Å². The Balaban J connectivity index is 1.86. The van der Waals surface area contributed by atoms with Gasteiger partial charge in [0.1, 0.15) is 17.3 Å². The normalized spacial score (nSPS) is 11.1. The molecule has 0 aliphatic carbocycles. The van der Waals surface area contributed by atoms with Crippen molar-refractivity contribution in [3.63, 3.8) is 0 Å². The molecule has 0 spiro atoms. The first-order valence-electron chi connectivity index (χ1n) is 9.58. The SMILES string of the molecule is COC(=O)Nc1c(N)nc(-n2nc(Cc3c(C)ccc(F)c3Cl)c3cc(F)ccc32)nc1N. The third-order valence-electron chi connectivity index (χ3n) is 5.05. The van der Waals surface area contributed by atoms with Crippen LogP contribution in [0.15, 0.2) is 30.3 Å². The maximum atomic E-state index is 14.1. The van der Waals surface area contributed by atoms with Crippen LogP contribution < -0.4 is 16.8 Å². The van der Waals surface area contributed by atoms with Crippen molar-refractivity contribution < 1.29 is 18.3 Å². The number of rotatable bonds is 4. The Labute approximate surface area is 191 Å². The Bertz CT molecular complexity index is 1380. The maximum absolute atomic E-state index is 14.1. The molecule has 12 heteroatoms. The third kappa shape index (κ3) is 4.10. The van der Waals surface area contributed by atoms with Gasteiger partial charge < -0.3 is 16.2 Å². The number of halogens is 3. The quantitative estimate of drug-likeness (QED) is 0.408. The lowest BCUT2D eigenvalue weighted by atomic mass is 10.0. The predicted molar refractivity (Wildman–Crippen MR) is 120 cm³/mol. The van der Waals surface area contributed by atoms with E-state index in [1.165, 1.54) is 36.1 Å². The molecule has 0 saturated carbocycles. The van der Waals surface area contributed by atoms with Crippen molar-refractivity contribution in [3.8, 4) is 5.95 Å². The number of nitrogens with two attached hydrogens (primary N) is 2. The number of aryl methyl sites for hydroxylation is 1. The first kappa shape index (κ1) is 22.2. The van der Waals surface area contributed by atoms with Gasteiger partial charge in [0.15, 0.2) is 11.6 Å². The minimum Gasteiger partial charge on any atom is -0.453 e. The van der Waals surface area contributed by atoms with Crippen LogP contribution in [0, 0.1) is 18.6 Å². The van der Waals surface area contributed by atoms with Crippen molar-refractivity contribution in [2.75, 3.05) is 23.9 Å². The first-order valence-corrected chi connectivity index (χ1v) is 9.96. The number of carbonyl (C=O) groups excluding carboxylic acids is 1. The number of anilines is 3. The highest BCUT2D eigenvalue weighted by Gasteiger charge is 2.20. The third-order valence-corrected chi connectivity index (χ3v) is 5.46. The number of benzene rings is 2. The highest BCUT2D eigenvalue weighted by atomic mass is 35.5. The summed E-state index contributed by atoms with van der Waals surface area (Å²) in [7, 11) is 1.18. The van der Waals surface area contributed by atoms with E-state index in [0.29, 0.717) is 22.2 Å². The molecule has 2 aromatic heterocycles. The molecule has 0 unspecified atom stereocenters.